The van der Waals surface area contributed by atoms with Gasteiger partial charge in [-0.3, -0.25) is 9.71 Å². The smallest absolute Gasteiger partial charge is 0.335 e. The van der Waals surface area contributed by atoms with Gasteiger partial charge in [-0.05, 0) is 64.9 Å². The Bertz CT molecular complexity index is 2190. The Kier molecular flexibility index (Phi) is 10.3. The van der Waals surface area contributed by atoms with E-state index in [9.17, 15) is 23.1 Å². The van der Waals surface area contributed by atoms with Crippen LogP contribution in [0, 0.1) is 0 Å². The molecule has 0 spiro atoms. The zero-order chi connectivity index (χ0) is 36.2. The molecule has 2 amide bonds. The van der Waals surface area contributed by atoms with Crippen LogP contribution >= 0.6 is 0 Å². The Morgan fingerprint density at radius 3 is 2.24 bits per heavy atom. The largest absolute Gasteiger partial charge is 0.492 e. The van der Waals surface area contributed by atoms with Crippen molar-refractivity contribution in [3.05, 3.63) is 113 Å². The Balaban J connectivity index is 1.39. The maximum Gasteiger partial charge on any atom is 0.335 e. The first-order valence-electron chi connectivity index (χ1n) is 15.9. The number of fused-ring (bicyclic) bond motifs is 1. The molecule has 0 radical (unpaired) electrons. The summed E-state index contributed by atoms with van der Waals surface area (Å²) in [7, 11) is -2.23. The molecule has 5 rings (SSSR count). The summed E-state index contributed by atoms with van der Waals surface area (Å²) in [6.45, 7) is 7.87. The maximum atomic E-state index is 13.4. The number of rotatable bonds is 11. The zero-order valence-corrected chi connectivity index (χ0v) is 29.6. The predicted octanol–water partition coefficient (Wildman–Crippen LogP) is 8.20. The molecule has 0 atom stereocenters. The quantitative estimate of drug-likeness (QED) is 0.108. The molecular formula is C38H40N4O7S. The minimum atomic E-state index is -3.63. The number of ether oxygens (including phenoxy) is 2. The number of benzene rings is 4. The monoisotopic (exact) mass is 696 g/mol. The highest BCUT2D eigenvalue weighted by Crippen LogP contribution is 2.40. The molecular weight excluding hydrogens is 657 g/mol. The summed E-state index contributed by atoms with van der Waals surface area (Å²) < 4.78 is 38.6. The fourth-order valence-electron chi connectivity index (χ4n) is 5.61. The molecule has 0 bridgehead atoms. The van der Waals surface area contributed by atoms with Crippen molar-refractivity contribution in [3.63, 3.8) is 0 Å². The van der Waals surface area contributed by atoms with E-state index in [2.05, 4.69) is 20.3 Å². The van der Waals surface area contributed by atoms with Crippen LogP contribution in [-0.2, 0) is 28.3 Å². The fraction of sp³-hybridized carbons (Fsp3) is 0.237. The summed E-state index contributed by atoms with van der Waals surface area (Å²) in [5.41, 5.74) is 4.23. The standard InChI is InChI=1S/C38H40N4O7S/c1-7-24-18-23(12-13-28(24)36(43)44)19-26-22-27(16-17-39-26)49-34-15-14-31(29-10-8-9-11-30(29)34)40-37(45)41-32-20-25(38(2,3)4)21-33(35(32)48-5)42-50(6,46)47/h8-18,20-22,42H,7,19H2,1-6H3,(H,43,44)(H2,40,41,45). The topological polar surface area (TPSA) is 156 Å². The molecule has 1 heterocycles. The first-order chi connectivity index (χ1) is 23.6. The van der Waals surface area contributed by atoms with Gasteiger partial charge in [0.15, 0.2) is 5.75 Å². The van der Waals surface area contributed by atoms with Crippen LogP contribution < -0.4 is 24.8 Å². The van der Waals surface area contributed by atoms with Gasteiger partial charge in [-0.25, -0.2) is 18.0 Å². The number of amides is 2. The van der Waals surface area contributed by atoms with Gasteiger partial charge in [0.1, 0.15) is 11.5 Å². The normalized spacial score (nSPS) is 11.6. The van der Waals surface area contributed by atoms with Gasteiger partial charge in [0, 0.05) is 35.2 Å². The molecule has 4 aromatic carbocycles. The fourth-order valence-corrected chi connectivity index (χ4v) is 6.16. The first kappa shape index (κ1) is 35.7. The van der Waals surface area contributed by atoms with E-state index in [4.69, 9.17) is 9.47 Å². The van der Waals surface area contributed by atoms with Crippen LogP contribution in [0.5, 0.6) is 17.2 Å². The Morgan fingerprint density at radius 1 is 0.880 bits per heavy atom. The minimum Gasteiger partial charge on any atom is -0.492 e. The number of carboxylic acids is 1. The van der Waals surface area contributed by atoms with E-state index in [1.54, 1.807) is 48.7 Å². The van der Waals surface area contributed by atoms with Crippen LogP contribution in [0.1, 0.15) is 60.4 Å². The van der Waals surface area contributed by atoms with Crippen molar-refractivity contribution in [1.82, 2.24) is 4.98 Å². The van der Waals surface area contributed by atoms with Crippen LogP contribution in [0.4, 0.5) is 21.9 Å². The third kappa shape index (κ3) is 8.50. The molecule has 4 N–H and O–H groups in total. The summed E-state index contributed by atoms with van der Waals surface area (Å²) in [6.07, 6.45) is 3.82. The van der Waals surface area contributed by atoms with E-state index >= 15 is 0 Å². The Hall–Kier alpha value is -5.62. The van der Waals surface area contributed by atoms with E-state index in [1.165, 1.54) is 7.11 Å². The second kappa shape index (κ2) is 14.5. The molecule has 260 valence electrons. The number of carboxylic acid groups (broad SMARTS) is 1. The minimum absolute atomic E-state index is 0.173. The summed E-state index contributed by atoms with van der Waals surface area (Å²) in [5.74, 6) is 0.367. The number of hydrogen-bond acceptors (Lipinski definition) is 7. The van der Waals surface area contributed by atoms with Crippen molar-refractivity contribution >= 4 is 49.9 Å². The number of urea groups is 1. The van der Waals surface area contributed by atoms with E-state index in [0.717, 1.165) is 39.4 Å². The van der Waals surface area contributed by atoms with Gasteiger partial charge in [0.05, 0.1) is 36.0 Å². The molecule has 11 nitrogen and oxygen atoms in total. The van der Waals surface area contributed by atoms with Crippen LogP contribution in [0.25, 0.3) is 10.8 Å². The van der Waals surface area contributed by atoms with Gasteiger partial charge >= 0.3 is 12.0 Å². The molecule has 0 saturated carbocycles. The average Bonchev–Trinajstić information content (AvgIpc) is 3.04. The number of hydrogen-bond donors (Lipinski definition) is 4. The average molecular weight is 697 g/mol. The third-order valence-corrected chi connectivity index (χ3v) is 8.61. The molecule has 0 unspecified atom stereocenters. The number of aromatic carboxylic acids is 1. The summed E-state index contributed by atoms with van der Waals surface area (Å²) in [6, 6.07) is 22.9. The van der Waals surface area contributed by atoms with Crippen LogP contribution in [0.15, 0.2) is 85.1 Å². The van der Waals surface area contributed by atoms with Crippen molar-refractivity contribution in [3.8, 4) is 17.2 Å². The molecule has 12 heteroatoms. The van der Waals surface area contributed by atoms with Crippen molar-refractivity contribution in [2.75, 3.05) is 28.7 Å². The zero-order valence-electron chi connectivity index (χ0n) is 28.7. The lowest BCUT2D eigenvalue weighted by Crippen LogP contribution is -2.22. The lowest BCUT2D eigenvalue weighted by molar-refractivity contribution is 0.0695. The molecule has 0 fully saturated rings. The Labute approximate surface area is 291 Å². The molecule has 0 aliphatic heterocycles. The Morgan fingerprint density at radius 2 is 1.58 bits per heavy atom. The van der Waals surface area contributed by atoms with Gasteiger partial charge in [0.25, 0.3) is 0 Å². The number of aryl methyl sites for hydroxylation is 1. The number of pyridine rings is 1. The number of methoxy groups -OCH3 is 1. The molecule has 0 aliphatic rings. The first-order valence-corrected chi connectivity index (χ1v) is 17.8. The summed E-state index contributed by atoms with van der Waals surface area (Å²) in [4.78, 5) is 29.5. The second-order valence-corrected chi connectivity index (χ2v) is 14.6. The van der Waals surface area contributed by atoms with Gasteiger partial charge in [-0.1, -0.05) is 64.1 Å². The highest BCUT2D eigenvalue weighted by atomic mass is 32.2. The highest BCUT2D eigenvalue weighted by molar-refractivity contribution is 7.92. The van der Waals surface area contributed by atoms with Crippen molar-refractivity contribution < 1.29 is 32.6 Å². The molecule has 1 aromatic heterocycles. The SMILES string of the molecule is CCc1cc(Cc2cc(Oc3ccc(NC(=O)Nc4cc(C(C)(C)C)cc(NS(C)(=O)=O)c4OC)c4ccccc34)ccn2)ccc1C(=O)O. The number of carbonyl (C=O) groups excluding carboxylic acids is 1. The van der Waals surface area contributed by atoms with E-state index in [1.807, 2.05) is 64.1 Å². The molecule has 5 aromatic rings. The molecule has 0 saturated heterocycles. The van der Waals surface area contributed by atoms with Crippen LogP contribution in [-0.4, -0.2) is 43.9 Å². The van der Waals surface area contributed by atoms with Gasteiger partial charge in [-0.15, -0.1) is 0 Å². The van der Waals surface area contributed by atoms with Gasteiger partial charge in [0.2, 0.25) is 10.0 Å². The number of nitrogens with zero attached hydrogens (tertiary/aromatic N) is 1. The van der Waals surface area contributed by atoms with Gasteiger partial charge in [-0.2, -0.15) is 0 Å². The number of nitrogens with one attached hydrogen (secondary N) is 3. The van der Waals surface area contributed by atoms with Crippen LogP contribution in [0.2, 0.25) is 0 Å². The summed E-state index contributed by atoms with van der Waals surface area (Å²) >= 11 is 0. The van der Waals surface area contributed by atoms with E-state index in [-0.39, 0.29) is 16.9 Å². The van der Waals surface area contributed by atoms with Crippen molar-refractivity contribution in [1.29, 1.82) is 0 Å². The summed E-state index contributed by atoms with van der Waals surface area (Å²) in [5, 5.41) is 16.7. The highest BCUT2D eigenvalue weighted by Gasteiger charge is 2.22. The number of carbonyl (C=O) groups is 2. The lowest BCUT2D eigenvalue weighted by Gasteiger charge is -2.24. The number of aromatic nitrogens is 1. The lowest BCUT2D eigenvalue weighted by atomic mass is 9.86. The van der Waals surface area contributed by atoms with E-state index in [0.29, 0.717) is 41.3 Å². The van der Waals surface area contributed by atoms with Gasteiger partial charge < -0.3 is 25.2 Å². The third-order valence-electron chi connectivity index (χ3n) is 8.02. The predicted molar refractivity (Wildman–Crippen MR) is 197 cm³/mol. The van der Waals surface area contributed by atoms with Crippen molar-refractivity contribution in [2.24, 2.45) is 0 Å². The number of anilines is 3. The number of sulfonamides is 1. The van der Waals surface area contributed by atoms with Crippen molar-refractivity contribution in [2.45, 2.75) is 46.0 Å². The van der Waals surface area contributed by atoms with Crippen LogP contribution in [0.3, 0.4) is 0 Å². The molecule has 50 heavy (non-hydrogen) atoms. The molecule has 0 aliphatic carbocycles. The maximum absolute atomic E-state index is 13.4. The van der Waals surface area contributed by atoms with E-state index < -0.39 is 22.0 Å². The second-order valence-electron chi connectivity index (χ2n) is 12.9.